The normalized spacial score (nSPS) is 15.9. The van der Waals surface area contributed by atoms with Crippen LogP contribution >= 0.6 is 15.9 Å². The van der Waals surface area contributed by atoms with Gasteiger partial charge in [-0.15, -0.1) is 0 Å². The van der Waals surface area contributed by atoms with Crippen molar-refractivity contribution in [3.8, 4) is 11.8 Å². The van der Waals surface area contributed by atoms with Crippen LogP contribution < -0.4 is 9.64 Å². The van der Waals surface area contributed by atoms with E-state index in [1.165, 1.54) is 0 Å². The van der Waals surface area contributed by atoms with Gasteiger partial charge in [-0.05, 0) is 47.5 Å². The summed E-state index contributed by atoms with van der Waals surface area (Å²) in [4.78, 5) is 18.4. The van der Waals surface area contributed by atoms with E-state index in [4.69, 9.17) is 4.74 Å². The van der Waals surface area contributed by atoms with Crippen molar-refractivity contribution < 1.29 is 9.53 Å². The molecule has 1 saturated heterocycles. The zero-order valence-corrected chi connectivity index (χ0v) is 23.2. The highest BCUT2D eigenvalue weighted by Crippen LogP contribution is 2.47. The first-order chi connectivity index (χ1) is 18.5. The maximum atomic E-state index is 14.3. The van der Waals surface area contributed by atoms with E-state index >= 15 is 0 Å². The predicted octanol–water partition coefficient (Wildman–Crippen LogP) is 6.62. The summed E-state index contributed by atoms with van der Waals surface area (Å²) in [6.07, 6.45) is 0. The van der Waals surface area contributed by atoms with Crippen molar-refractivity contribution in [2.75, 3.05) is 38.2 Å². The number of nitrogens with zero attached hydrogens (tertiary/aromatic N) is 3. The maximum Gasteiger partial charge on any atom is 0.243 e. The topological polar surface area (TPSA) is 56.6 Å². The van der Waals surface area contributed by atoms with E-state index in [0.717, 1.165) is 32.1 Å². The summed E-state index contributed by atoms with van der Waals surface area (Å²) < 4.78 is 6.78. The van der Waals surface area contributed by atoms with E-state index in [-0.39, 0.29) is 5.91 Å². The number of nitriles is 1. The molecule has 38 heavy (non-hydrogen) atoms. The van der Waals surface area contributed by atoms with Crippen LogP contribution in [-0.4, -0.2) is 44.1 Å². The van der Waals surface area contributed by atoms with Crippen molar-refractivity contribution in [3.05, 3.63) is 107 Å². The predicted molar refractivity (Wildman–Crippen MR) is 155 cm³/mol. The number of anilines is 1. The van der Waals surface area contributed by atoms with Crippen molar-refractivity contribution in [2.45, 2.75) is 12.8 Å². The van der Waals surface area contributed by atoms with E-state index in [9.17, 15) is 10.1 Å². The van der Waals surface area contributed by atoms with Gasteiger partial charge in [-0.1, -0.05) is 82.7 Å². The van der Waals surface area contributed by atoms with Crippen molar-refractivity contribution in [2.24, 2.45) is 5.41 Å². The lowest BCUT2D eigenvalue weighted by atomic mass is 9.68. The number of hydrogen-bond donors (Lipinski definition) is 0. The molecule has 0 radical (unpaired) electrons. The molecule has 0 saturated carbocycles. The Morgan fingerprint density at radius 1 is 0.921 bits per heavy atom. The van der Waals surface area contributed by atoms with Gasteiger partial charge in [-0.3, -0.25) is 4.79 Å². The standard InChI is InChI=1S/C32H30BrN3O2/c1-32(22-34,31(37)36-19-17-35(18-20-36)25-12-8-11-24(33)21-25)30(28-14-5-6-16-29(28)38-2)27-15-7-10-23-9-3-4-13-26(23)27/h3-16,21,30H,17-20H2,1-2H3/t30?,32-/m1/s1. The number of ether oxygens (including phenoxy) is 1. The number of carbonyl (C=O) groups is 1. The first kappa shape index (κ1) is 25.8. The zero-order chi connectivity index (χ0) is 26.7. The fourth-order valence-electron chi connectivity index (χ4n) is 5.60. The molecule has 192 valence electrons. The van der Waals surface area contributed by atoms with Crippen LogP contribution in [0.5, 0.6) is 5.75 Å². The molecule has 1 aliphatic rings. The number of rotatable bonds is 6. The molecule has 4 aromatic carbocycles. The van der Waals surface area contributed by atoms with E-state index in [2.05, 4.69) is 57.2 Å². The molecule has 1 fully saturated rings. The van der Waals surface area contributed by atoms with Crippen molar-refractivity contribution in [1.82, 2.24) is 4.90 Å². The minimum absolute atomic E-state index is 0.155. The second kappa shape index (κ2) is 10.9. The van der Waals surface area contributed by atoms with Gasteiger partial charge in [0.2, 0.25) is 5.91 Å². The number of para-hydroxylation sites is 1. The molecule has 1 unspecified atom stereocenters. The molecule has 6 heteroatoms. The molecule has 2 atom stereocenters. The Kier molecular flexibility index (Phi) is 7.40. The maximum absolute atomic E-state index is 14.3. The average molecular weight is 569 g/mol. The first-order valence-electron chi connectivity index (χ1n) is 12.8. The van der Waals surface area contributed by atoms with Crippen LogP contribution in [-0.2, 0) is 4.79 Å². The monoisotopic (exact) mass is 567 g/mol. The van der Waals surface area contributed by atoms with Gasteiger partial charge < -0.3 is 14.5 Å². The minimum atomic E-state index is -1.35. The Labute approximate surface area is 232 Å². The van der Waals surface area contributed by atoms with E-state index in [0.29, 0.717) is 31.9 Å². The molecule has 4 aromatic rings. The highest BCUT2D eigenvalue weighted by molar-refractivity contribution is 9.10. The van der Waals surface area contributed by atoms with Crippen LogP contribution in [0.2, 0.25) is 0 Å². The molecule has 0 aliphatic carbocycles. The molecule has 1 amide bonds. The summed E-state index contributed by atoms with van der Waals surface area (Å²) in [7, 11) is 1.63. The third-order valence-electron chi connectivity index (χ3n) is 7.58. The first-order valence-corrected chi connectivity index (χ1v) is 13.6. The van der Waals surface area contributed by atoms with Crippen LogP contribution in [0.3, 0.4) is 0 Å². The second-order valence-electron chi connectivity index (χ2n) is 9.82. The number of fused-ring (bicyclic) bond motifs is 1. The van der Waals surface area contributed by atoms with Crippen LogP contribution in [0, 0.1) is 16.7 Å². The molecular weight excluding hydrogens is 538 g/mol. The highest BCUT2D eigenvalue weighted by atomic mass is 79.9. The average Bonchev–Trinajstić information content (AvgIpc) is 2.97. The van der Waals surface area contributed by atoms with Gasteiger partial charge in [0.25, 0.3) is 0 Å². The van der Waals surface area contributed by atoms with Gasteiger partial charge in [0.05, 0.1) is 13.2 Å². The molecule has 5 rings (SSSR count). The lowest BCUT2D eigenvalue weighted by molar-refractivity contribution is -0.139. The number of amides is 1. The number of hydrogen-bond acceptors (Lipinski definition) is 4. The number of benzene rings is 4. The number of piperazine rings is 1. The summed E-state index contributed by atoms with van der Waals surface area (Å²) in [6.45, 7) is 4.30. The summed E-state index contributed by atoms with van der Waals surface area (Å²) in [5.74, 6) is -0.0118. The molecular formula is C32H30BrN3O2. The largest absolute Gasteiger partial charge is 0.496 e. The van der Waals surface area contributed by atoms with Gasteiger partial charge in [0.1, 0.15) is 11.2 Å². The number of carbonyl (C=O) groups excluding carboxylic acids is 1. The van der Waals surface area contributed by atoms with Crippen molar-refractivity contribution in [3.63, 3.8) is 0 Å². The number of methoxy groups -OCH3 is 1. The smallest absolute Gasteiger partial charge is 0.243 e. The van der Waals surface area contributed by atoms with Gasteiger partial charge >= 0.3 is 0 Å². The van der Waals surface area contributed by atoms with Crippen LogP contribution in [0.4, 0.5) is 5.69 Å². The van der Waals surface area contributed by atoms with Gasteiger partial charge in [0.15, 0.2) is 0 Å². The van der Waals surface area contributed by atoms with Crippen molar-refractivity contribution in [1.29, 1.82) is 5.26 Å². The SMILES string of the molecule is COc1ccccc1C(c1cccc2ccccc12)[C@@](C)(C#N)C(=O)N1CCN(c2cccc(Br)c2)CC1. The summed E-state index contributed by atoms with van der Waals surface area (Å²) in [5.41, 5.74) is 1.54. The molecule has 0 N–H and O–H groups in total. The quantitative estimate of drug-likeness (QED) is 0.262. The summed E-state index contributed by atoms with van der Waals surface area (Å²) in [6, 6.07) is 32.6. The molecule has 5 nitrogen and oxygen atoms in total. The Morgan fingerprint density at radius 2 is 1.58 bits per heavy atom. The molecule has 0 aromatic heterocycles. The highest BCUT2D eigenvalue weighted by Gasteiger charge is 2.47. The third-order valence-corrected chi connectivity index (χ3v) is 8.07. The molecule has 0 bridgehead atoms. The Balaban J connectivity index is 1.54. The number of halogens is 1. The minimum Gasteiger partial charge on any atom is -0.496 e. The lowest BCUT2D eigenvalue weighted by Gasteiger charge is -2.41. The molecule has 0 spiro atoms. The zero-order valence-electron chi connectivity index (χ0n) is 21.6. The fourth-order valence-corrected chi connectivity index (χ4v) is 5.99. The third kappa shape index (κ3) is 4.75. The van der Waals surface area contributed by atoms with Crippen LogP contribution in [0.25, 0.3) is 10.8 Å². The molecule has 1 aliphatic heterocycles. The van der Waals surface area contributed by atoms with E-state index in [1.807, 2.05) is 65.6 Å². The summed E-state index contributed by atoms with van der Waals surface area (Å²) >= 11 is 3.55. The van der Waals surface area contributed by atoms with Gasteiger partial charge in [-0.2, -0.15) is 5.26 Å². The van der Waals surface area contributed by atoms with Gasteiger partial charge in [0, 0.05) is 47.8 Å². The molecule has 1 heterocycles. The Hall–Kier alpha value is -3.82. The van der Waals surface area contributed by atoms with Crippen LogP contribution in [0.15, 0.2) is 95.5 Å². The van der Waals surface area contributed by atoms with Crippen molar-refractivity contribution >= 4 is 38.3 Å². The lowest BCUT2D eigenvalue weighted by Crippen LogP contribution is -2.53. The van der Waals surface area contributed by atoms with Gasteiger partial charge in [-0.25, -0.2) is 0 Å². The summed E-state index contributed by atoms with van der Waals surface area (Å²) in [5, 5.41) is 12.8. The Morgan fingerprint density at radius 3 is 2.32 bits per heavy atom. The van der Waals surface area contributed by atoms with E-state index in [1.54, 1.807) is 14.0 Å². The van der Waals surface area contributed by atoms with Crippen LogP contribution in [0.1, 0.15) is 24.0 Å². The Bertz CT molecular complexity index is 1500. The second-order valence-corrected chi connectivity index (χ2v) is 10.7. The van der Waals surface area contributed by atoms with E-state index < -0.39 is 11.3 Å². The fraction of sp³-hybridized carbons (Fsp3) is 0.250.